The number of carboxylic acid groups (broad SMARTS) is 1. The highest BCUT2D eigenvalue weighted by molar-refractivity contribution is 8.00. The lowest BCUT2D eigenvalue weighted by molar-refractivity contribution is -0.134. The second-order valence-corrected chi connectivity index (χ2v) is 13.5. The van der Waals surface area contributed by atoms with Gasteiger partial charge >= 0.3 is 5.97 Å². The van der Waals surface area contributed by atoms with Crippen molar-refractivity contribution < 1.29 is 23.9 Å². The number of rotatable bonds is 9. The Morgan fingerprint density at radius 1 is 1.36 bits per heavy atom. The maximum atomic E-state index is 12.1. The number of amides is 2. The van der Waals surface area contributed by atoms with Crippen molar-refractivity contribution in [3.8, 4) is 0 Å². The summed E-state index contributed by atoms with van der Waals surface area (Å²) in [5, 5.41) is 11.3. The average molecular weight is 391 g/mol. The molecule has 1 rings (SSSR count). The van der Waals surface area contributed by atoms with E-state index in [-0.39, 0.29) is 34.5 Å². The molecule has 1 aliphatic heterocycles. The quantitative estimate of drug-likeness (QED) is 0.580. The van der Waals surface area contributed by atoms with Crippen molar-refractivity contribution >= 4 is 37.9 Å². The van der Waals surface area contributed by atoms with Crippen LogP contribution in [0.1, 0.15) is 27.2 Å². The molecule has 0 saturated carbocycles. The fourth-order valence-electron chi connectivity index (χ4n) is 2.24. The number of hydrogen-bond donors (Lipinski definition) is 2. The molecule has 25 heavy (non-hydrogen) atoms. The molecule has 0 unspecified atom stereocenters. The highest BCUT2D eigenvalue weighted by Crippen LogP contribution is 2.38. The molecule has 2 N–H and O–H groups in total. The van der Waals surface area contributed by atoms with Gasteiger partial charge in [0.2, 0.25) is 11.8 Å². The molecule has 7 nitrogen and oxygen atoms in total. The number of nitrogens with zero attached hydrogens (tertiary/aromatic N) is 1. The van der Waals surface area contributed by atoms with Crippen LogP contribution < -0.4 is 5.32 Å². The molecular formula is C16H30N2O5SSi. The van der Waals surface area contributed by atoms with Crippen LogP contribution in [0.25, 0.3) is 0 Å². The minimum Gasteiger partial charge on any atom is -0.481 e. The third-order valence-corrected chi connectivity index (χ3v) is 10.1. The molecule has 2 amide bonds. The number of thioether (sulfide) groups is 1. The standard InChI is InChI=1S/C16H30N2O5SSi/c1-16(2,3)25(4,5)23-12-8-14(20)18(9-12)7-6-17-13(19)10-24-11-15(21)22/h12H,6-11H2,1-5H3,(H,17,19)(H,21,22)/t12-/m1/s1. The van der Waals surface area contributed by atoms with Gasteiger partial charge in [-0.1, -0.05) is 20.8 Å². The lowest BCUT2D eigenvalue weighted by atomic mass is 10.2. The number of hydrogen-bond acceptors (Lipinski definition) is 5. The van der Waals surface area contributed by atoms with Crippen LogP contribution in [0.15, 0.2) is 0 Å². The molecule has 0 aromatic carbocycles. The minimum absolute atomic E-state index is 0.0539. The Hall–Kier alpha value is -1.06. The molecule has 1 saturated heterocycles. The first-order valence-electron chi connectivity index (χ1n) is 8.44. The van der Waals surface area contributed by atoms with Gasteiger partial charge in [-0.25, -0.2) is 0 Å². The van der Waals surface area contributed by atoms with E-state index in [0.29, 0.717) is 26.1 Å². The fourth-order valence-corrected chi connectivity index (χ4v) is 4.15. The molecule has 1 aliphatic rings. The molecular weight excluding hydrogens is 360 g/mol. The lowest BCUT2D eigenvalue weighted by Crippen LogP contribution is -2.44. The SMILES string of the molecule is CC(C)(C)[Si](C)(C)O[C@@H]1CC(=O)N(CCNC(=O)CSCC(=O)O)C1. The molecule has 9 heteroatoms. The molecule has 0 radical (unpaired) electrons. The second-order valence-electron chi connectivity index (χ2n) is 7.78. The summed E-state index contributed by atoms with van der Waals surface area (Å²) in [5.74, 6) is -1.08. The van der Waals surface area contributed by atoms with Crippen molar-refractivity contribution in [1.29, 1.82) is 0 Å². The Morgan fingerprint density at radius 3 is 2.56 bits per heavy atom. The highest BCUT2D eigenvalue weighted by atomic mass is 32.2. The lowest BCUT2D eigenvalue weighted by Gasteiger charge is -2.38. The summed E-state index contributed by atoms with van der Waals surface area (Å²) < 4.78 is 6.30. The first-order chi connectivity index (χ1) is 11.4. The summed E-state index contributed by atoms with van der Waals surface area (Å²) in [6, 6.07) is 0. The van der Waals surface area contributed by atoms with E-state index in [1.54, 1.807) is 4.90 Å². The van der Waals surface area contributed by atoms with Crippen molar-refractivity contribution in [3.63, 3.8) is 0 Å². The molecule has 0 aromatic heterocycles. The van der Waals surface area contributed by atoms with E-state index in [4.69, 9.17) is 9.53 Å². The summed E-state index contributed by atoms with van der Waals surface area (Å²) >= 11 is 1.05. The number of carboxylic acids is 1. The molecule has 0 bridgehead atoms. The van der Waals surface area contributed by atoms with Crippen LogP contribution in [-0.2, 0) is 18.8 Å². The smallest absolute Gasteiger partial charge is 0.313 e. The van der Waals surface area contributed by atoms with Crippen LogP contribution in [-0.4, -0.2) is 73.4 Å². The van der Waals surface area contributed by atoms with Gasteiger partial charge in [0, 0.05) is 19.6 Å². The van der Waals surface area contributed by atoms with Crippen molar-refractivity contribution in [2.24, 2.45) is 0 Å². The highest BCUT2D eigenvalue weighted by Gasteiger charge is 2.42. The molecule has 0 aromatic rings. The van der Waals surface area contributed by atoms with Gasteiger partial charge in [-0.3, -0.25) is 14.4 Å². The van der Waals surface area contributed by atoms with E-state index in [2.05, 4.69) is 39.2 Å². The normalized spacial score (nSPS) is 18.5. The number of aliphatic carboxylic acids is 1. The molecule has 0 spiro atoms. The fraction of sp³-hybridized carbons (Fsp3) is 0.812. The minimum atomic E-state index is -1.90. The summed E-state index contributed by atoms with van der Waals surface area (Å²) in [4.78, 5) is 35.8. The van der Waals surface area contributed by atoms with Crippen LogP contribution in [0, 0.1) is 0 Å². The molecule has 1 fully saturated rings. The topological polar surface area (TPSA) is 95.9 Å². The molecule has 144 valence electrons. The molecule has 0 aliphatic carbocycles. The van der Waals surface area contributed by atoms with Gasteiger partial charge in [0.05, 0.1) is 24.0 Å². The molecule has 1 atom stereocenters. The second kappa shape index (κ2) is 9.04. The Labute approximate surface area is 155 Å². The van der Waals surface area contributed by atoms with Crippen LogP contribution in [0.2, 0.25) is 18.1 Å². The van der Waals surface area contributed by atoms with E-state index >= 15 is 0 Å². The van der Waals surface area contributed by atoms with Crippen LogP contribution in [0.3, 0.4) is 0 Å². The van der Waals surface area contributed by atoms with E-state index in [1.165, 1.54) is 0 Å². The summed E-state index contributed by atoms with van der Waals surface area (Å²) in [6.07, 6.45) is 0.324. The van der Waals surface area contributed by atoms with E-state index < -0.39 is 14.3 Å². The largest absolute Gasteiger partial charge is 0.481 e. The van der Waals surface area contributed by atoms with Crippen LogP contribution >= 0.6 is 11.8 Å². The maximum absolute atomic E-state index is 12.1. The van der Waals surface area contributed by atoms with Crippen molar-refractivity contribution in [3.05, 3.63) is 0 Å². The van der Waals surface area contributed by atoms with Gasteiger partial charge in [-0.05, 0) is 18.1 Å². The zero-order valence-electron chi connectivity index (χ0n) is 15.8. The Bertz CT molecular complexity index is 507. The predicted octanol–water partition coefficient (Wildman–Crippen LogP) is 1.54. The van der Waals surface area contributed by atoms with E-state index in [9.17, 15) is 14.4 Å². The first kappa shape index (κ1) is 22.0. The summed E-state index contributed by atoms with van der Waals surface area (Å²) in [6.45, 7) is 12.2. The van der Waals surface area contributed by atoms with Crippen molar-refractivity contribution in [2.75, 3.05) is 31.1 Å². The Kier molecular flexibility index (Phi) is 7.95. The van der Waals surface area contributed by atoms with Crippen molar-refractivity contribution in [2.45, 2.75) is 51.4 Å². The monoisotopic (exact) mass is 390 g/mol. The summed E-state index contributed by atoms with van der Waals surface area (Å²) in [5.41, 5.74) is 0. The first-order valence-corrected chi connectivity index (χ1v) is 12.5. The average Bonchev–Trinajstić information content (AvgIpc) is 2.76. The number of carbonyl (C=O) groups excluding carboxylic acids is 2. The predicted molar refractivity (Wildman–Crippen MR) is 101 cm³/mol. The number of likely N-dealkylation sites (tertiary alicyclic amines) is 1. The number of nitrogens with one attached hydrogen (secondary N) is 1. The van der Waals surface area contributed by atoms with Gasteiger partial charge in [-0.15, -0.1) is 11.8 Å². The zero-order chi connectivity index (χ0) is 19.3. The molecule has 1 heterocycles. The van der Waals surface area contributed by atoms with Crippen molar-refractivity contribution in [1.82, 2.24) is 10.2 Å². The Morgan fingerprint density at radius 2 is 2.00 bits per heavy atom. The third-order valence-electron chi connectivity index (χ3n) is 4.61. The van der Waals surface area contributed by atoms with Gasteiger partial charge in [0.1, 0.15) is 0 Å². The van der Waals surface area contributed by atoms with E-state index in [0.717, 1.165) is 11.8 Å². The van der Waals surface area contributed by atoms with Crippen LogP contribution in [0.5, 0.6) is 0 Å². The van der Waals surface area contributed by atoms with Gasteiger partial charge in [0.25, 0.3) is 0 Å². The third kappa shape index (κ3) is 7.37. The van der Waals surface area contributed by atoms with Gasteiger partial charge in [0.15, 0.2) is 8.32 Å². The zero-order valence-corrected chi connectivity index (χ0v) is 17.6. The van der Waals surface area contributed by atoms with Gasteiger partial charge in [-0.2, -0.15) is 0 Å². The van der Waals surface area contributed by atoms with E-state index in [1.807, 2.05) is 0 Å². The Balaban J connectivity index is 2.33. The van der Waals surface area contributed by atoms with Crippen LogP contribution in [0.4, 0.5) is 0 Å². The number of carbonyl (C=O) groups is 3. The summed E-state index contributed by atoms with van der Waals surface area (Å²) in [7, 11) is -1.90. The van der Waals surface area contributed by atoms with Gasteiger partial charge < -0.3 is 19.7 Å². The maximum Gasteiger partial charge on any atom is 0.313 e.